The van der Waals surface area contributed by atoms with Crippen LogP contribution < -0.4 is 0 Å². The number of nitrogens with zero attached hydrogens (tertiary/aromatic N) is 1. The Hall–Kier alpha value is -0.570. The number of hydrogen-bond acceptors (Lipinski definition) is 2. The highest BCUT2D eigenvalue weighted by Gasteiger charge is 2.37. The quantitative estimate of drug-likeness (QED) is 0.682. The second-order valence-corrected chi connectivity index (χ2v) is 4.42. The van der Waals surface area contributed by atoms with Crippen LogP contribution in [0.5, 0.6) is 0 Å². The minimum Gasteiger partial charge on any atom is -0.392 e. The fourth-order valence-corrected chi connectivity index (χ4v) is 2.29. The number of aliphatic hydroxyl groups is 1. The van der Waals surface area contributed by atoms with Gasteiger partial charge in [0, 0.05) is 25.9 Å². The van der Waals surface area contributed by atoms with Gasteiger partial charge in [-0.05, 0) is 18.8 Å². The summed E-state index contributed by atoms with van der Waals surface area (Å²) in [5.74, 6) is 0.857. The van der Waals surface area contributed by atoms with E-state index in [0.717, 1.165) is 19.4 Å². The third-order valence-corrected chi connectivity index (χ3v) is 3.49. The van der Waals surface area contributed by atoms with Crippen LogP contribution in [0.4, 0.5) is 0 Å². The summed E-state index contributed by atoms with van der Waals surface area (Å²) < 4.78 is 0. The smallest absolute Gasteiger partial charge is 0.222 e. The van der Waals surface area contributed by atoms with E-state index in [9.17, 15) is 9.90 Å². The van der Waals surface area contributed by atoms with Gasteiger partial charge in [0.1, 0.15) is 0 Å². The first kappa shape index (κ1) is 9.00. The van der Waals surface area contributed by atoms with Gasteiger partial charge >= 0.3 is 0 Å². The first-order valence-electron chi connectivity index (χ1n) is 5.10. The van der Waals surface area contributed by atoms with Gasteiger partial charge in [0.15, 0.2) is 0 Å². The van der Waals surface area contributed by atoms with Gasteiger partial charge in [-0.2, -0.15) is 0 Å². The van der Waals surface area contributed by atoms with Gasteiger partial charge in [-0.25, -0.2) is 0 Å². The van der Waals surface area contributed by atoms with Gasteiger partial charge in [-0.1, -0.05) is 6.42 Å². The van der Waals surface area contributed by atoms with Gasteiger partial charge in [0.2, 0.25) is 5.91 Å². The number of carbonyl (C=O) groups excluding carboxylic acids is 1. The van der Waals surface area contributed by atoms with Crippen LogP contribution in [0.3, 0.4) is 0 Å². The van der Waals surface area contributed by atoms with E-state index in [-0.39, 0.29) is 17.9 Å². The molecule has 0 bridgehead atoms. The van der Waals surface area contributed by atoms with Crippen LogP contribution in [0, 0.1) is 11.8 Å². The topological polar surface area (TPSA) is 40.5 Å². The molecule has 2 unspecified atom stereocenters. The lowest BCUT2D eigenvalue weighted by Crippen LogP contribution is -2.34. The summed E-state index contributed by atoms with van der Waals surface area (Å²) in [6, 6.07) is 0. The Morgan fingerprint density at radius 3 is 2.54 bits per heavy atom. The zero-order valence-electron chi connectivity index (χ0n) is 8.07. The Morgan fingerprint density at radius 2 is 2.15 bits per heavy atom. The van der Waals surface area contributed by atoms with Crippen molar-refractivity contribution in [2.75, 3.05) is 13.6 Å². The van der Waals surface area contributed by atoms with E-state index in [2.05, 4.69) is 0 Å². The van der Waals surface area contributed by atoms with Crippen molar-refractivity contribution in [3.05, 3.63) is 0 Å². The molecule has 1 amide bonds. The molecular formula is C10H17NO2. The zero-order chi connectivity index (χ0) is 9.42. The van der Waals surface area contributed by atoms with Gasteiger partial charge < -0.3 is 10.0 Å². The highest BCUT2D eigenvalue weighted by Crippen LogP contribution is 2.35. The molecular weight excluding hydrogens is 166 g/mol. The maximum atomic E-state index is 11.2. The molecule has 0 aromatic heterocycles. The van der Waals surface area contributed by atoms with E-state index < -0.39 is 0 Å². The van der Waals surface area contributed by atoms with E-state index in [1.54, 1.807) is 4.90 Å². The van der Waals surface area contributed by atoms with Crippen LogP contribution in [-0.2, 0) is 4.79 Å². The molecule has 1 saturated heterocycles. The van der Waals surface area contributed by atoms with Crippen LogP contribution in [0.1, 0.15) is 25.7 Å². The van der Waals surface area contributed by atoms with E-state index in [0.29, 0.717) is 12.3 Å². The molecule has 0 spiro atoms. The van der Waals surface area contributed by atoms with Gasteiger partial charge in [0.05, 0.1) is 6.10 Å². The molecule has 13 heavy (non-hydrogen) atoms. The highest BCUT2D eigenvalue weighted by atomic mass is 16.3. The van der Waals surface area contributed by atoms with E-state index >= 15 is 0 Å². The Kier molecular flexibility index (Phi) is 2.28. The summed E-state index contributed by atoms with van der Waals surface area (Å²) in [5.41, 5.74) is 0. The molecule has 0 aromatic carbocycles. The third kappa shape index (κ3) is 1.57. The summed E-state index contributed by atoms with van der Waals surface area (Å²) >= 11 is 0. The third-order valence-electron chi connectivity index (χ3n) is 3.49. The standard InChI is InChI=1S/C10H17NO2/c1-11-6-8(5-9(11)12)10(13)7-3-2-4-7/h7-8,10,13H,2-6H2,1H3. The van der Waals surface area contributed by atoms with E-state index in [1.807, 2.05) is 7.05 Å². The second kappa shape index (κ2) is 3.29. The summed E-state index contributed by atoms with van der Waals surface area (Å²) in [4.78, 5) is 13.0. The minimum atomic E-state index is -0.234. The molecule has 1 aliphatic heterocycles. The van der Waals surface area contributed by atoms with Crippen molar-refractivity contribution in [2.24, 2.45) is 11.8 Å². The Morgan fingerprint density at radius 1 is 1.46 bits per heavy atom. The second-order valence-electron chi connectivity index (χ2n) is 4.42. The molecule has 0 aromatic rings. The fraction of sp³-hybridized carbons (Fsp3) is 0.900. The minimum absolute atomic E-state index is 0.184. The van der Waals surface area contributed by atoms with E-state index in [1.165, 1.54) is 6.42 Å². The first-order valence-corrected chi connectivity index (χ1v) is 5.10. The first-order chi connectivity index (χ1) is 6.18. The van der Waals surface area contributed by atoms with Gasteiger partial charge in [-0.15, -0.1) is 0 Å². The molecule has 2 fully saturated rings. The van der Waals surface area contributed by atoms with Crippen molar-refractivity contribution in [3.63, 3.8) is 0 Å². The summed E-state index contributed by atoms with van der Waals surface area (Å²) in [6.45, 7) is 0.747. The number of amides is 1. The molecule has 2 aliphatic rings. The number of rotatable bonds is 2. The van der Waals surface area contributed by atoms with E-state index in [4.69, 9.17) is 0 Å². The average molecular weight is 183 g/mol. The maximum absolute atomic E-state index is 11.2. The van der Waals surface area contributed by atoms with Gasteiger partial charge in [0.25, 0.3) is 0 Å². The molecule has 0 radical (unpaired) electrons. The van der Waals surface area contributed by atoms with Crippen LogP contribution in [0.2, 0.25) is 0 Å². The van der Waals surface area contributed by atoms with Crippen LogP contribution in [-0.4, -0.2) is 35.6 Å². The molecule has 1 aliphatic carbocycles. The van der Waals surface area contributed by atoms with Crippen molar-refractivity contribution >= 4 is 5.91 Å². The highest BCUT2D eigenvalue weighted by molar-refractivity contribution is 5.78. The Labute approximate surface area is 78.7 Å². The van der Waals surface area contributed by atoms with Crippen molar-refractivity contribution in [1.29, 1.82) is 0 Å². The predicted octanol–water partition coefficient (Wildman–Crippen LogP) is 0.626. The van der Waals surface area contributed by atoms with Crippen LogP contribution >= 0.6 is 0 Å². The van der Waals surface area contributed by atoms with Crippen LogP contribution in [0.25, 0.3) is 0 Å². The molecule has 3 nitrogen and oxygen atoms in total. The monoisotopic (exact) mass is 183 g/mol. The number of carbonyl (C=O) groups is 1. The van der Waals surface area contributed by atoms with Gasteiger partial charge in [-0.3, -0.25) is 4.79 Å². The number of aliphatic hydroxyl groups excluding tert-OH is 1. The molecule has 1 saturated carbocycles. The normalized spacial score (nSPS) is 32.0. The molecule has 2 atom stereocenters. The lowest BCUT2D eigenvalue weighted by Gasteiger charge is -2.33. The molecule has 74 valence electrons. The number of likely N-dealkylation sites (tertiary alicyclic amines) is 1. The molecule has 3 heteroatoms. The zero-order valence-corrected chi connectivity index (χ0v) is 8.07. The maximum Gasteiger partial charge on any atom is 0.222 e. The number of hydrogen-bond donors (Lipinski definition) is 1. The molecule has 1 N–H and O–H groups in total. The molecule has 2 rings (SSSR count). The van der Waals surface area contributed by atoms with Crippen molar-refractivity contribution in [3.8, 4) is 0 Å². The van der Waals surface area contributed by atoms with Crippen LogP contribution in [0.15, 0.2) is 0 Å². The lowest BCUT2D eigenvalue weighted by molar-refractivity contribution is -0.126. The SMILES string of the molecule is CN1CC(C(O)C2CCC2)CC1=O. The lowest BCUT2D eigenvalue weighted by atomic mass is 9.76. The fourth-order valence-electron chi connectivity index (χ4n) is 2.29. The van der Waals surface area contributed by atoms with Crippen molar-refractivity contribution in [1.82, 2.24) is 4.90 Å². The molecule has 1 heterocycles. The Bertz CT molecular complexity index is 213. The van der Waals surface area contributed by atoms with Crippen molar-refractivity contribution < 1.29 is 9.90 Å². The summed E-state index contributed by atoms with van der Waals surface area (Å²) in [5, 5.41) is 9.93. The summed E-state index contributed by atoms with van der Waals surface area (Å²) in [6.07, 6.45) is 3.86. The Balaban J connectivity index is 1.90. The average Bonchev–Trinajstić information content (AvgIpc) is 2.28. The summed E-state index contributed by atoms with van der Waals surface area (Å²) in [7, 11) is 1.82. The van der Waals surface area contributed by atoms with Crippen molar-refractivity contribution in [2.45, 2.75) is 31.8 Å². The largest absolute Gasteiger partial charge is 0.392 e. The predicted molar refractivity (Wildman–Crippen MR) is 49.1 cm³/mol.